The summed E-state index contributed by atoms with van der Waals surface area (Å²) in [6.45, 7) is 1.59. The number of fused-ring (bicyclic) bond motifs is 1. The zero-order valence-corrected chi connectivity index (χ0v) is 15.5. The van der Waals surface area contributed by atoms with E-state index in [1.54, 1.807) is 36.5 Å². The van der Waals surface area contributed by atoms with Crippen molar-refractivity contribution < 1.29 is 18.8 Å². The van der Waals surface area contributed by atoms with Gasteiger partial charge in [-0.05, 0) is 29.8 Å². The summed E-state index contributed by atoms with van der Waals surface area (Å²) in [5.74, 6) is 2.39. The first-order chi connectivity index (χ1) is 13.7. The molecule has 4 rings (SSSR count). The van der Waals surface area contributed by atoms with Gasteiger partial charge in [0.1, 0.15) is 13.2 Å². The Hall–Kier alpha value is -3.42. The zero-order valence-electron chi connectivity index (χ0n) is 15.5. The molecule has 144 valence electrons. The molecule has 3 heterocycles. The molecular formula is C20H20N4O4. The van der Waals surface area contributed by atoms with Crippen molar-refractivity contribution in [1.82, 2.24) is 20.0 Å². The smallest absolute Gasteiger partial charge is 0.227 e. The van der Waals surface area contributed by atoms with Crippen LogP contribution in [-0.4, -0.2) is 46.2 Å². The minimum atomic E-state index is -0.00134. The number of carbonyl (C=O) groups excluding carboxylic acids is 1. The van der Waals surface area contributed by atoms with Gasteiger partial charge in [0.2, 0.25) is 17.6 Å². The van der Waals surface area contributed by atoms with E-state index in [4.69, 9.17) is 14.0 Å². The molecule has 8 nitrogen and oxygen atoms in total. The van der Waals surface area contributed by atoms with Gasteiger partial charge in [-0.15, -0.1) is 0 Å². The summed E-state index contributed by atoms with van der Waals surface area (Å²) < 4.78 is 16.4. The molecule has 2 aromatic heterocycles. The molecule has 0 saturated carbocycles. The summed E-state index contributed by atoms with van der Waals surface area (Å²) >= 11 is 0. The van der Waals surface area contributed by atoms with Crippen molar-refractivity contribution in [2.24, 2.45) is 0 Å². The lowest BCUT2D eigenvalue weighted by molar-refractivity contribution is -0.130. The molecule has 0 unspecified atom stereocenters. The Kier molecular flexibility index (Phi) is 5.18. The van der Waals surface area contributed by atoms with Crippen molar-refractivity contribution in [3.63, 3.8) is 0 Å². The first-order valence-corrected chi connectivity index (χ1v) is 9.04. The van der Waals surface area contributed by atoms with Gasteiger partial charge in [-0.25, -0.2) is 0 Å². The molecule has 0 N–H and O–H groups in total. The fraction of sp³-hybridized carbons (Fsp3) is 0.300. The molecule has 28 heavy (non-hydrogen) atoms. The summed E-state index contributed by atoms with van der Waals surface area (Å²) in [6.07, 6.45) is 4.02. The van der Waals surface area contributed by atoms with Crippen LogP contribution in [0.3, 0.4) is 0 Å². The number of nitrogens with zero attached hydrogens (tertiary/aromatic N) is 4. The van der Waals surface area contributed by atoms with Gasteiger partial charge < -0.3 is 18.9 Å². The van der Waals surface area contributed by atoms with Crippen molar-refractivity contribution in [2.75, 3.05) is 20.3 Å². The van der Waals surface area contributed by atoms with E-state index in [0.717, 1.165) is 22.6 Å². The predicted molar refractivity (Wildman–Crippen MR) is 99.8 cm³/mol. The molecule has 0 bridgehead atoms. The van der Waals surface area contributed by atoms with E-state index in [9.17, 15) is 4.79 Å². The quantitative estimate of drug-likeness (QED) is 0.649. The molecular weight excluding hydrogens is 360 g/mol. The fourth-order valence-electron chi connectivity index (χ4n) is 2.93. The predicted octanol–water partition coefficient (Wildman–Crippen LogP) is 2.49. The van der Waals surface area contributed by atoms with Crippen LogP contribution in [-0.2, 0) is 17.8 Å². The van der Waals surface area contributed by atoms with Crippen LogP contribution in [0.15, 0.2) is 47.2 Å². The van der Waals surface area contributed by atoms with Crippen LogP contribution in [0.1, 0.15) is 17.9 Å². The highest BCUT2D eigenvalue weighted by Gasteiger charge is 2.16. The Morgan fingerprint density at radius 3 is 2.71 bits per heavy atom. The normalized spacial score (nSPS) is 12.6. The van der Waals surface area contributed by atoms with E-state index in [1.807, 2.05) is 18.2 Å². The van der Waals surface area contributed by atoms with Gasteiger partial charge >= 0.3 is 0 Å². The van der Waals surface area contributed by atoms with Gasteiger partial charge in [-0.1, -0.05) is 11.2 Å². The van der Waals surface area contributed by atoms with E-state index >= 15 is 0 Å². The topological polar surface area (TPSA) is 90.6 Å². The number of benzene rings is 1. The monoisotopic (exact) mass is 380 g/mol. The third-order valence-electron chi connectivity index (χ3n) is 4.41. The van der Waals surface area contributed by atoms with Crippen molar-refractivity contribution >= 4 is 5.91 Å². The van der Waals surface area contributed by atoms with Crippen molar-refractivity contribution in [3.05, 3.63) is 54.2 Å². The summed E-state index contributed by atoms with van der Waals surface area (Å²) in [7, 11) is 1.77. The summed E-state index contributed by atoms with van der Waals surface area (Å²) in [4.78, 5) is 22.4. The maximum atomic E-state index is 12.5. The van der Waals surface area contributed by atoms with Gasteiger partial charge in [-0.3, -0.25) is 9.78 Å². The Morgan fingerprint density at radius 1 is 1.11 bits per heavy atom. The van der Waals surface area contributed by atoms with Gasteiger partial charge in [0, 0.05) is 44.4 Å². The molecule has 1 amide bonds. The van der Waals surface area contributed by atoms with Crippen LogP contribution < -0.4 is 9.47 Å². The summed E-state index contributed by atoms with van der Waals surface area (Å²) in [5.41, 5.74) is 1.81. The lowest BCUT2D eigenvalue weighted by atomic mass is 10.1. The first kappa shape index (κ1) is 18.0. The highest BCUT2D eigenvalue weighted by atomic mass is 16.6. The molecule has 0 fully saturated rings. The van der Waals surface area contributed by atoms with Gasteiger partial charge in [0.15, 0.2) is 11.5 Å². The number of aryl methyl sites for hydroxylation is 1. The van der Waals surface area contributed by atoms with Crippen molar-refractivity contribution in [2.45, 2.75) is 19.4 Å². The van der Waals surface area contributed by atoms with Crippen LogP contribution in [0.4, 0.5) is 0 Å². The molecule has 1 aliphatic heterocycles. The summed E-state index contributed by atoms with van der Waals surface area (Å²) in [6, 6.07) is 9.34. The van der Waals surface area contributed by atoms with E-state index in [-0.39, 0.29) is 5.91 Å². The molecule has 0 spiro atoms. The minimum Gasteiger partial charge on any atom is -0.486 e. The van der Waals surface area contributed by atoms with E-state index in [1.165, 1.54) is 0 Å². The van der Waals surface area contributed by atoms with Gasteiger partial charge in [0.05, 0.1) is 0 Å². The van der Waals surface area contributed by atoms with E-state index in [0.29, 0.717) is 44.3 Å². The number of pyridine rings is 1. The molecule has 8 heteroatoms. The molecule has 0 atom stereocenters. The van der Waals surface area contributed by atoms with Crippen LogP contribution >= 0.6 is 0 Å². The Labute approximate surface area is 162 Å². The lowest BCUT2D eigenvalue weighted by Gasteiger charge is -2.21. The first-order valence-electron chi connectivity index (χ1n) is 9.04. The molecule has 0 aliphatic carbocycles. The highest BCUT2D eigenvalue weighted by molar-refractivity contribution is 5.76. The minimum absolute atomic E-state index is 0.00134. The maximum absolute atomic E-state index is 12.5. The van der Waals surface area contributed by atoms with E-state index in [2.05, 4.69) is 15.1 Å². The number of carbonyl (C=O) groups is 1. The lowest BCUT2D eigenvalue weighted by Crippen LogP contribution is -2.26. The fourth-order valence-corrected chi connectivity index (χ4v) is 2.93. The second-order valence-corrected chi connectivity index (χ2v) is 6.48. The Morgan fingerprint density at radius 2 is 1.89 bits per heavy atom. The number of hydrogen-bond acceptors (Lipinski definition) is 7. The largest absolute Gasteiger partial charge is 0.486 e. The van der Waals surface area contributed by atoms with E-state index < -0.39 is 0 Å². The van der Waals surface area contributed by atoms with Crippen LogP contribution in [0.2, 0.25) is 0 Å². The van der Waals surface area contributed by atoms with Crippen LogP contribution in [0, 0.1) is 0 Å². The zero-order chi connectivity index (χ0) is 19.3. The van der Waals surface area contributed by atoms with Gasteiger partial charge in [-0.2, -0.15) is 4.98 Å². The average Bonchev–Trinajstić information content (AvgIpc) is 3.21. The average molecular weight is 380 g/mol. The number of amides is 1. The molecule has 1 aromatic carbocycles. The second kappa shape index (κ2) is 8.08. The third-order valence-corrected chi connectivity index (χ3v) is 4.41. The SMILES string of the molecule is CN(Cc1ccc2c(c1)OCCO2)C(=O)CCc1nc(-c2ccncc2)no1. The standard InChI is InChI=1S/C20H20N4O4/c1-24(13-14-2-3-16-17(12-14)27-11-10-26-16)19(25)5-4-18-22-20(23-28-18)15-6-8-21-9-7-15/h2-3,6-9,12H,4-5,10-11,13H2,1H3. The molecule has 0 radical (unpaired) electrons. The maximum Gasteiger partial charge on any atom is 0.227 e. The number of aromatic nitrogens is 3. The molecule has 1 aliphatic rings. The number of ether oxygens (including phenoxy) is 2. The molecule has 3 aromatic rings. The number of hydrogen-bond donors (Lipinski definition) is 0. The second-order valence-electron chi connectivity index (χ2n) is 6.48. The van der Waals surface area contributed by atoms with Crippen LogP contribution in [0.5, 0.6) is 11.5 Å². The molecule has 0 saturated heterocycles. The van der Waals surface area contributed by atoms with Crippen molar-refractivity contribution in [1.29, 1.82) is 0 Å². The van der Waals surface area contributed by atoms with Gasteiger partial charge in [0.25, 0.3) is 0 Å². The highest BCUT2D eigenvalue weighted by Crippen LogP contribution is 2.31. The van der Waals surface area contributed by atoms with Crippen molar-refractivity contribution in [3.8, 4) is 22.9 Å². The summed E-state index contributed by atoms with van der Waals surface area (Å²) in [5, 5.41) is 3.95. The Bertz CT molecular complexity index is 958. The van der Waals surface area contributed by atoms with Crippen LogP contribution in [0.25, 0.3) is 11.4 Å². The number of rotatable bonds is 6. The Balaban J connectivity index is 1.32. The third kappa shape index (κ3) is 4.11.